The van der Waals surface area contributed by atoms with Gasteiger partial charge in [0.15, 0.2) is 0 Å². The lowest BCUT2D eigenvalue weighted by atomic mass is 10.1. The largest absolute Gasteiger partial charge is 0.354 e. The van der Waals surface area contributed by atoms with Gasteiger partial charge in [-0.05, 0) is 37.5 Å². The van der Waals surface area contributed by atoms with Crippen LogP contribution in [0.5, 0.6) is 0 Å². The number of hydrogen-bond acceptors (Lipinski definition) is 4. The Balaban J connectivity index is 2.14. The molecular weight excluding hydrogens is 248 g/mol. The number of aromatic nitrogens is 2. The molecule has 2 N–H and O–H groups in total. The van der Waals surface area contributed by atoms with E-state index in [0.29, 0.717) is 5.95 Å². The number of nitrogens with one attached hydrogen (secondary N) is 2. The Morgan fingerprint density at radius 2 is 1.85 bits per heavy atom. The number of anilines is 3. The summed E-state index contributed by atoms with van der Waals surface area (Å²) in [6.45, 7) is 7.17. The summed E-state index contributed by atoms with van der Waals surface area (Å²) < 4.78 is 0. The molecule has 0 bridgehead atoms. The second-order valence-electron chi connectivity index (χ2n) is 4.83. The van der Waals surface area contributed by atoms with Crippen molar-refractivity contribution in [3.05, 3.63) is 41.6 Å². The molecule has 4 heteroatoms. The van der Waals surface area contributed by atoms with Gasteiger partial charge in [-0.3, -0.25) is 0 Å². The predicted molar refractivity (Wildman–Crippen MR) is 84.7 cm³/mol. The van der Waals surface area contributed by atoms with Crippen LogP contribution in [0.2, 0.25) is 0 Å². The lowest BCUT2D eigenvalue weighted by Crippen LogP contribution is -2.06. The molecule has 2 aromatic rings. The summed E-state index contributed by atoms with van der Waals surface area (Å²) in [5, 5.41) is 6.55. The minimum Gasteiger partial charge on any atom is -0.354 e. The molecule has 0 fully saturated rings. The summed E-state index contributed by atoms with van der Waals surface area (Å²) in [4.78, 5) is 8.80. The Morgan fingerprint density at radius 3 is 2.50 bits per heavy atom. The van der Waals surface area contributed by atoms with Crippen LogP contribution >= 0.6 is 0 Å². The minimum atomic E-state index is 0.671. The van der Waals surface area contributed by atoms with Crippen molar-refractivity contribution >= 4 is 17.5 Å². The zero-order valence-corrected chi connectivity index (χ0v) is 12.4. The molecule has 0 saturated carbocycles. The summed E-state index contributed by atoms with van der Waals surface area (Å²) in [6.07, 6.45) is 3.95. The molecule has 0 spiro atoms. The highest BCUT2D eigenvalue weighted by molar-refractivity contribution is 5.60. The molecule has 0 amide bonds. The molecule has 0 radical (unpaired) electrons. The molecular formula is C16H22N4. The van der Waals surface area contributed by atoms with Crippen molar-refractivity contribution in [1.29, 1.82) is 0 Å². The van der Waals surface area contributed by atoms with Gasteiger partial charge >= 0.3 is 0 Å². The predicted octanol–water partition coefficient (Wildman–Crippen LogP) is 3.91. The Morgan fingerprint density at radius 1 is 1.10 bits per heavy atom. The molecule has 0 aliphatic rings. The van der Waals surface area contributed by atoms with Crippen molar-refractivity contribution in [1.82, 2.24) is 9.97 Å². The average molecular weight is 270 g/mol. The standard InChI is InChI=1S/C16H22N4/c1-4-10-17-16-18-11-12(3)15(20-16)19-14-8-6-13(5-2)7-9-14/h6-9,11H,4-5,10H2,1-3H3,(H2,17,18,19,20). The van der Waals surface area contributed by atoms with E-state index in [4.69, 9.17) is 0 Å². The highest BCUT2D eigenvalue weighted by Gasteiger charge is 2.04. The lowest BCUT2D eigenvalue weighted by Gasteiger charge is -2.11. The van der Waals surface area contributed by atoms with E-state index in [1.54, 1.807) is 0 Å². The molecule has 20 heavy (non-hydrogen) atoms. The topological polar surface area (TPSA) is 49.8 Å². The first kappa shape index (κ1) is 14.3. The smallest absolute Gasteiger partial charge is 0.224 e. The van der Waals surface area contributed by atoms with Gasteiger partial charge in [0.05, 0.1) is 0 Å². The lowest BCUT2D eigenvalue weighted by molar-refractivity contribution is 0.950. The first-order valence-electron chi connectivity index (χ1n) is 7.16. The van der Waals surface area contributed by atoms with E-state index in [-0.39, 0.29) is 0 Å². The molecule has 106 valence electrons. The SMILES string of the molecule is CCCNc1ncc(C)c(Nc2ccc(CC)cc2)n1. The molecule has 0 atom stereocenters. The van der Waals surface area contributed by atoms with E-state index in [2.05, 4.69) is 58.7 Å². The van der Waals surface area contributed by atoms with E-state index in [1.165, 1.54) is 5.56 Å². The van der Waals surface area contributed by atoms with Crippen LogP contribution in [0.1, 0.15) is 31.4 Å². The molecule has 0 aliphatic carbocycles. The number of aryl methyl sites for hydroxylation is 2. The second-order valence-corrected chi connectivity index (χ2v) is 4.83. The average Bonchev–Trinajstić information content (AvgIpc) is 2.49. The van der Waals surface area contributed by atoms with Gasteiger partial charge in [-0.15, -0.1) is 0 Å². The Kier molecular flexibility index (Phi) is 4.93. The molecule has 0 unspecified atom stereocenters. The molecule has 0 saturated heterocycles. The van der Waals surface area contributed by atoms with E-state index >= 15 is 0 Å². The highest BCUT2D eigenvalue weighted by atomic mass is 15.1. The fraction of sp³-hybridized carbons (Fsp3) is 0.375. The van der Waals surface area contributed by atoms with Crippen molar-refractivity contribution in [3.8, 4) is 0 Å². The molecule has 0 aliphatic heterocycles. The van der Waals surface area contributed by atoms with Crippen LogP contribution in [-0.2, 0) is 6.42 Å². The van der Waals surface area contributed by atoms with Gasteiger partial charge in [0.2, 0.25) is 5.95 Å². The summed E-state index contributed by atoms with van der Waals surface area (Å²) in [5.41, 5.74) is 3.41. The van der Waals surface area contributed by atoms with Crippen LogP contribution in [0.4, 0.5) is 17.5 Å². The normalized spacial score (nSPS) is 10.3. The molecule has 2 rings (SSSR count). The van der Waals surface area contributed by atoms with Crippen LogP contribution < -0.4 is 10.6 Å². The number of benzene rings is 1. The first-order chi connectivity index (χ1) is 9.72. The fourth-order valence-electron chi connectivity index (χ4n) is 1.85. The first-order valence-corrected chi connectivity index (χ1v) is 7.16. The minimum absolute atomic E-state index is 0.671. The second kappa shape index (κ2) is 6.89. The van der Waals surface area contributed by atoms with Crippen LogP contribution in [0.15, 0.2) is 30.5 Å². The van der Waals surface area contributed by atoms with Gasteiger partial charge in [0.1, 0.15) is 5.82 Å². The van der Waals surface area contributed by atoms with Crippen LogP contribution in [-0.4, -0.2) is 16.5 Å². The third-order valence-corrected chi connectivity index (χ3v) is 3.13. The number of hydrogen-bond donors (Lipinski definition) is 2. The van der Waals surface area contributed by atoms with Crippen molar-refractivity contribution < 1.29 is 0 Å². The van der Waals surface area contributed by atoms with Crippen molar-refractivity contribution in [3.63, 3.8) is 0 Å². The number of nitrogens with zero attached hydrogens (tertiary/aromatic N) is 2. The highest BCUT2D eigenvalue weighted by Crippen LogP contribution is 2.19. The molecule has 1 aromatic heterocycles. The van der Waals surface area contributed by atoms with Gasteiger partial charge in [-0.2, -0.15) is 4.98 Å². The quantitative estimate of drug-likeness (QED) is 0.835. The molecule has 4 nitrogen and oxygen atoms in total. The van der Waals surface area contributed by atoms with E-state index < -0.39 is 0 Å². The van der Waals surface area contributed by atoms with E-state index in [9.17, 15) is 0 Å². The van der Waals surface area contributed by atoms with E-state index in [0.717, 1.165) is 36.5 Å². The summed E-state index contributed by atoms with van der Waals surface area (Å²) >= 11 is 0. The summed E-state index contributed by atoms with van der Waals surface area (Å²) in [5.74, 6) is 1.52. The molecule has 1 aromatic carbocycles. The summed E-state index contributed by atoms with van der Waals surface area (Å²) in [6, 6.07) is 8.43. The fourth-order valence-corrected chi connectivity index (χ4v) is 1.85. The van der Waals surface area contributed by atoms with Gasteiger partial charge in [-0.25, -0.2) is 4.98 Å². The molecule has 1 heterocycles. The number of rotatable bonds is 6. The van der Waals surface area contributed by atoms with Crippen LogP contribution in [0.25, 0.3) is 0 Å². The van der Waals surface area contributed by atoms with Gasteiger partial charge in [0.25, 0.3) is 0 Å². The third kappa shape index (κ3) is 3.70. The maximum absolute atomic E-state index is 4.51. The van der Waals surface area contributed by atoms with Gasteiger partial charge in [0, 0.05) is 24.0 Å². The van der Waals surface area contributed by atoms with Gasteiger partial charge < -0.3 is 10.6 Å². The zero-order chi connectivity index (χ0) is 14.4. The van der Waals surface area contributed by atoms with E-state index in [1.807, 2.05) is 13.1 Å². The van der Waals surface area contributed by atoms with Crippen molar-refractivity contribution in [2.75, 3.05) is 17.2 Å². The Labute approximate surface area is 120 Å². The van der Waals surface area contributed by atoms with Crippen LogP contribution in [0.3, 0.4) is 0 Å². The Hall–Kier alpha value is -2.10. The van der Waals surface area contributed by atoms with Crippen LogP contribution in [0, 0.1) is 6.92 Å². The zero-order valence-electron chi connectivity index (χ0n) is 12.4. The Bertz CT molecular complexity index is 549. The summed E-state index contributed by atoms with van der Waals surface area (Å²) in [7, 11) is 0. The van der Waals surface area contributed by atoms with Crippen molar-refractivity contribution in [2.24, 2.45) is 0 Å². The monoisotopic (exact) mass is 270 g/mol. The maximum atomic E-state index is 4.51. The van der Waals surface area contributed by atoms with Gasteiger partial charge in [-0.1, -0.05) is 26.0 Å². The maximum Gasteiger partial charge on any atom is 0.224 e. The van der Waals surface area contributed by atoms with Crippen molar-refractivity contribution in [2.45, 2.75) is 33.6 Å². The third-order valence-electron chi connectivity index (χ3n) is 3.13.